The highest BCUT2D eigenvalue weighted by Crippen LogP contribution is 2.23. The van der Waals surface area contributed by atoms with Gasteiger partial charge in [-0.1, -0.05) is 0 Å². The van der Waals surface area contributed by atoms with E-state index in [1.54, 1.807) is 17.0 Å². The smallest absolute Gasteiger partial charge is 0.266 e. The second kappa shape index (κ2) is 12.1. The van der Waals surface area contributed by atoms with Gasteiger partial charge in [-0.25, -0.2) is 4.39 Å². The van der Waals surface area contributed by atoms with Gasteiger partial charge in [-0.2, -0.15) is 5.26 Å². The maximum atomic E-state index is 13.1. The van der Waals surface area contributed by atoms with Crippen molar-refractivity contribution in [2.75, 3.05) is 54.4 Å². The summed E-state index contributed by atoms with van der Waals surface area (Å²) in [7, 11) is 0. The van der Waals surface area contributed by atoms with Gasteiger partial charge in [-0.15, -0.1) is 0 Å². The molecular formula is C25H30ClFN5O-. The van der Waals surface area contributed by atoms with Crippen LogP contribution < -0.4 is 27.5 Å². The van der Waals surface area contributed by atoms with Crippen molar-refractivity contribution < 1.29 is 21.6 Å². The summed E-state index contributed by atoms with van der Waals surface area (Å²) in [5, 5.41) is 12.7. The van der Waals surface area contributed by atoms with Gasteiger partial charge >= 0.3 is 0 Å². The third kappa shape index (κ3) is 6.39. The van der Waals surface area contributed by atoms with E-state index in [2.05, 4.69) is 35.0 Å². The maximum Gasteiger partial charge on any atom is 0.266 e. The lowest BCUT2D eigenvalue weighted by atomic mass is 10.1. The van der Waals surface area contributed by atoms with Crippen LogP contribution in [0.2, 0.25) is 0 Å². The molecule has 0 saturated carbocycles. The van der Waals surface area contributed by atoms with Gasteiger partial charge in [0.15, 0.2) is 0 Å². The molecule has 0 spiro atoms. The summed E-state index contributed by atoms with van der Waals surface area (Å²) in [5.41, 5.74) is 4.07. The second-order valence-corrected chi connectivity index (χ2v) is 7.74. The van der Waals surface area contributed by atoms with Crippen LogP contribution in [0.5, 0.6) is 0 Å². The zero-order valence-corrected chi connectivity index (χ0v) is 20.1. The van der Waals surface area contributed by atoms with Crippen LogP contribution in [0.4, 0.5) is 21.5 Å². The minimum absolute atomic E-state index is 0. The van der Waals surface area contributed by atoms with Crippen molar-refractivity contribution in [3.63, 3.8) is 0 Å². The number of hydrogen-bond acceptors (Lipinski definition) is 5. The standard InChI is InChI=1S/C25H30FN5O.ClH/c1-4-29(5-2)23-10-11-24(19(3)16-23)28-18-20(17-27)25(32)31-14-12-30(13-15-31)22-8-6-21(26)7-9-22;/h6-11,16,18,28H,4-5,12-15H2,1-3H3;1H/p-1/b20-18-;. The summed E-state index contributed by atoms with van der Waals surface area (Å²) >= 11 is 0. The molecule has 33 heavy (non-hydrogen) atoms. The zero-order valence-electron chi connectivity index (χ0n) is 19.3. The van der Waals surface area contributed by atoms with Crippen molar-refractivity contribution in [3.8, 4) is 6.07 Å². The van der Waals surface area contributed by atoms with E-state index < -0.39 is 0 Å². The van der Waals surface area contributed by atoms with E-state index in [1.807, 2.05) is 25.1 Å². The topological polar surface area (TPSA) is 62.6 Å². The molecule has 1 N–H and O–H groups in total. The van der Waals surface area contributed by atoms with Crippen LogP contribution >= 0.6 is 0 Å². The minimum atomic E-state index is -0.281. The normalized spacial score (nSPS) is 13.7. The molecule has 2 aromatic carbocycles. The molecule has 0 aliphatic carbocycles. The van der Waals surface area contributed by atoms with Crippen LogP contribution in [0.25, 0.3) is 0 Å². The van der Waals surface area contributed by atoms with Crippen LogP contribution in [0.15, 0.2) is 54.2 Å². The second-order valence-electron chi connectivity index (χ2n) is 7.74. The molecule has 0 unspecified atom stereocenters. The SMILES string of the molecule is CCN(CC)c1ccc(N/C=C(/C#N)C(=O)N2CCN(c3ccc(F)cc3)CC2)c(C)c1.[Cl-]. The van der Waals surface area contributed by atoms with Gasteiger partial charge in [0.05, 0.1) is 0 Å². The van der Waals surface area contributed by atoms with E-state index in [4.69, 9.17) is 0 Å². The molecule has 1 aliphatic rings. The van der Waals surface area contributed by atoms with Crippen molar-refractivity contribution in [2.24, 2.45) is 0 Å². The number of piperazine rings is 1. The molecule has 1 heterocycles. The number of nitrogens with one attached hydrogen (secondary N) is 1. The Labute approximate surface area is 201 Å². The van der Waals surface area contributed by atoms with Gasteiger partial charge in [-0.3, -0.25) is 4.79 Å². The first-order valence-electron chi connectivity index (χ1n) is 11.0. The average Bonchev–Trinajstić information content (AvgIpc) is 2.82. The molecule has 0 aromatic heterocycles. The van der Waals surface area contributed by atoms with E-state index in [1.165, 1.54) is 18.3 Å². The van der Waals surface area contributed by atoms with Crippen LogP contribution in [0.1, 0.15) is 19.4 Å². The number of rotatable bonds is 7. The van der Waals surface area contributed by atoms with Crippen molar-refractivity contribution in [3.05, 3.63) is 65.6 Å². The first kappa shape index (κ1) is 26.0. The molecule has 3 rings (SSSR count). The zero-order chi connectivity index (χ0) is 23.1. The molecule has 0 atom stereocenters. The molecule has 0 radical (unpaired) electrons. The first-order chi connectivity index (χ1) is 15.5. The Balaban J connectivity index is 0.00000385. The van der Waals surface area contributed by atoms with Gasteiger partial charge in [0.1, 0.15) is 17.5 Å². The maximum absolute atomic E-state index is 13.1. The fourth-order valence-corrected chi connectivity index (χ4v) is 3.88. The van der Waals surface area contributed by atoms with Crippen LogP contribution in [0.3, 0.4) is 0 Å². The molecular weight excluding hydrogens is 441 g/mol. The minimum Gasteiger partial charge on any atom is -1.00 e. The van der Waals surface area contributed by atoms with Crippen LogP contribution in [-0.2, 0) is 4.79 Å². The number of aryl methyl sites for hydroxylation is 1. The van der Waals surface area contributed by atoms with Gasteiger partial charge in [0.2, 0.25) is 0 Å². The highest BCUT2D eigenvalue weighted by Gasteiger charge is 2.24. The molecule has 1 aliphatic heterocycles. The Morgan fingerprint density at radius 2 is 1.76 bits per heavy atom. The molecule has 0 bridgehead atoms. The Morgan fingerprint density at radius 3 is 2.30 bits per heavy atom. The van der Waals surface area contributed by atoms with Gasteiger partial charge in [0.25, 0.3) is 5.91 Å². The number of nitrogens with zero attached hydrogens (tertiary/aromatic N) is 4. The van der Waals surface area contributed by atoms with Crippen LogP contribution in [0, 0.1) is 24.1 Å². The molecule has 1 fully saturated rings. The average molecular weight is 471 g/mol. The quantitative estimate of drug-likeness (QED) is 0.486. The Kier molecular flexibility index (Phi) is 9.56. The van der Waals surface area contributed by atoms with Crippen molar-refractivity contribution >= 4 is 23.0 Å². The number of anilines is 3. The van der Waals surface area contributed by atoms with E-state index in [-0.39, 0.29) is 29.7 Å². The fraction of sp³-hybridized carbons (Fsp3) is 0.360. The van der Waals surface area contributed by atoms with E-state index in [0.29, 0.717) is 26.2 Å². The molecule has 8 heteroatoms. The van der Waals surface area contributed by atoms with Gasteiger partial charge in [0, 0.05) is 62.5 Å². The van der Waals surface area contributed by atoms with E-state index >= 15 is 0 Å². The van der Waals surface area contributed by atoms with Crippen molar-refractivity contribution in [1.82, 2.24) is 4.90 Å². The Hall–Kier alpha value is -3.24. The third-order valence-electron chi connectivity index (χ3n) is 5.82. The predicted octanol–water partition coefficient (Wildman–Crippen LogP) is 1.15. The highest BCUT2D eigenvalue weighted by atomic mass is 35.5. The molecule has 176 valence electrons. The summed E-state index contributed by atoms with van der Waals surface area (Å²) in [6, 6.07) is 14.5. The first-order valence-corrected chi connectivity index (χ1v) is 11.0. The lowest BCUT2D eigenvalue weighted by Gasteiger charge is -2.36. The number of halogens is 2. The summed E-state index contributed by atoms with van der Waals surface area (Å²) in [5.74, 6) is -0.548. The summed E-state index contributed by atoms with van der Waals surface area (Å²) in [4.78, 5) is 18.9. The number of nitriles is 1. The van der Waals surface area contributed by atoms with Gasteiger partial charge < -0.3 is 32.4 Å². The number of amides is 1. The summed E-state index contributed by atoms with van der Waals surface area (Å²) < 4.78 is 13.1. The number of carbonyl (C=O) groups is 1. The lowest BCUT2D eigenvalue weighted by Crippen LogP contribution is -3.00. The lowest BCUT2D eigenvalue weighted by molar-refractivity contribution is -0.127. The van der Waals surface area contributed by atoms with Crippen LogP contribution in [-0.4, -0.2) is 50.1 Å². The fourth-order valence-electron chi connectivity index (χ4n) is 3.88. The highest BCUT2D eigenvalue weighted by molar-refractivity contribution is 5.97. The number of benzene rings is 2. The summed E-state index contributed by atoms with van der Waals surface area (Å²) in [6.07, 6.45) is 1.49. The third-order valence-corrected chi connectivity index (χ3v) is 5.82. The van der Waals surface area contributed by atoms with Crippen molar-refractivity contribution in [1.29, 1.82) is 5.26 Å². The van der Waals surface area contributed by atoms with Crippen molar-refractivity contribution in [2.45, 2.75) is 20.8 Å². The summed E-state index contributed by atoms with van der Waals surface area (Å²) in [6.45, 7) is 10.4. The van der Waals surface area contributed by atoms with Gasteiger partial charge in [-0.05, 0) is 68.8 Å². The molecule has 6 nitrogen and oxygen atoms in total. The Morgan fingerprint density at radius 1 is 1.12 bits per heavy atom. The Bertz CT molecular complexity index is 1010. The molecule has 2 aromatic rings. The number of carbonyl (C=O) groups excluding carboxylic acids is 1. The number of hydrogen-bond donors (Lipinski definition) is 1. The molecule has 1 amide bonds. The largest absolute Gasteiger partial charge is 1.00 e. The van der Waals surface area contributed by atoms with E-state index in [9.17, 15) is 14.4 Å². The molecule has 1 saturated heterocycles. The monoisotopic (exact) mass is 470 g/mol. The van der Waals surface area contributed by atoms with E-state index in [0.717, 1.165) is 35.7 Å². The predicted molar refractivity (Wildman–Crippen MR) is 127 cm³/mol.